The van der Waals surface area contributed by atoms with Gasteiger partial charge >= 0.3 is 5.97 Å². The maximum Gasteiger partial charge on any atom is 0.354 e. The highest BCUT2D eigenvalue weighted by Gasteiger charge is 2.23. The van der Waals surface area contributed by atoms with Gasteiger partial charge in [0.25, 0.3) is 0 Å². The number of carbonyl (C=O) groups is 1. The molecule has 0 amide bonds. The molecular weight excluding hydrogens is 218 g/mol. The fourth-order valence-electron chi connectivity index (χ4n) is 2.20. The smallest absolute Gasteiger partial charge is 0.354 e. The predicted octanol–water partition coefficient (Wildman–Crippen LogP) is 2.23. The monoisotopic (exact) mass is 237 g/mol. The fourth-order valence-corrected chi connectivity index (χ4v) is 2.20. The minimum Gasteiger partial charge on any atom is -0.461 e. The Morgan fingerprint density at radius 1 is 1.59 bits per heavy atom. The lowest BCUT2D eigenvalue weighted by Crippen LogP contribution is -2.20. The molecule has 1 aromatic heterocycles. The highest BCUT2D eigenvalue weighted by Crippen LogP contribution is 2.21. The maximum absolute atomic E-state index is 11.7. The predicted molar refractivity (Wildman–Crippen MR) is 64.0 cm³/mol. The van der Waals surface area contributed by atoms with Crippen LogP contribution < -0.4 is 0 Å². The van der Waals surface area contributed by atoms with Crippen LogP contribution in [-0.4, -0.2) is 29.4 Å². The molecule has 94 valence electrons. The average molecular weight is 237 g/mol. The fraction of sp³-hybridized carbons (Fsp3) is 0.615. The van der Waals surface area contributed by atoms with Crippen molar-refractivity contribution in [3.63, 3.8) is 0 Å². The van der Waals surface area contributed by atoms with E-state index in [-0.39, 0.29) is 12.1 Å². The van der Waals surface area contributed by atoms with Crippen LogP contribution in [0.25, 0.3) is 0 Å². The van der Waals surface area contributed by atoms with Gasteiger partial charge in [0.2, 0.25) is 0 Å². The standard InChI is InChI=1S/C13H19NO3/c1-3-16-13(15)12-5-4-8-14(12)9-11-7-6-10(2)17-11/h4-5,8,10-11H,3,6-7,9H2,1-2H3. The minimum absolute atomic E-state index is 0.213. The number of carbonyl (C=O) groups excluding carboxylic acids is 1. The normalized spacial score (nSPS) is 23.9. The van der Waals surface area contributed by atoms with E-state index in [0.717, 1.165) is 19.4 Å². The van der Waals surface area contributed by atoms with Crippen molar-refractivity contribution in [2.45, 2.75) is 45.4 Å². The van der Waals surface area contributed by atoms with E-state index in [4.69, 9.17) is 9.47 Å². The first-order valence-corrected chi connectivity index (χ1v) is 6.18. The van der Waals surface area contributed by atoms with E-state index in [2.05, 4.69) is 6.92 Å². The number of esters is 1. The van der Waals surface area contributed by atoms with Crippen molar-refractivity contribution in [2.75, 3.05) is 6.61 Å². The molecule has 0 N–H and O–H groups in total. The van der Waals surface area contributed by atoms with Crippen LogP contribution in [0.5, 0.6) is 0 Å². The molecule has 1 aliphatic rings. The van der Waals surface area contributed by atoms with Gasteiger partial charge in [0, 0.05) is 12.7 Å². The molecule has 2 unspecified atom stereocenters. The van der Waals surface area contributed by atoms with Crippen LogP contribution in [0.1, 0.15) is 37.2 Å². The van der Waals surface area contributed by atoms with Crippen LogP contribution in [0.2, 0.25) is 0 Å². The van der Waals surface area contributed by atoms with E-state index in [0.29, 0.717) is 18.4 Å². The Hall–Kier alpha value is -1.29. The Balaban J connectivity index is 2.01. The Labute approximate surface area is 102 Å². The summed E-state index contributed by atoms with van der Waals surface area (Å²) in [6.45, 7) is 5.03. The molecule has 0 spiro atoms. The number of ether oxygens (including phenoxy) is 2. The zero-order valence-electron chi connectivity index (χ0n) is 10.4. The zero-order valence-corrected chi connectivity index (χ0v) is 10.4. The van der Waals surface area contributed by atoms with Gasteiger partial charge in [0.15, 0.2) is 0 Å². The lowest BCUT2D eigenvalue weighted by molar-refractivity contribution is 0.0419. The molecule has 1 aliphatic heterocycles. The van der Waals surface area contributed by atoms with Crippen molar-refractivity contribution in [1.29, 1.82) is 0 Å². The van der Waals surface area contributed by atoms with Crippen molar-refractivity contribution in [3.8, 4) is 0 Å². The minimum atomic E-state index is -0.261. The van der Waals surface area contributed by atoms with Crippen LogP contribution in [-0.2, 0) is 16.0 Å². The molecule has 2 heterocycles. The summed E-state index contributed by atoms with van der Waals surface area (Å²) in [5, 5.41) is 0. The maximum atomic E-state index is 11.7. The quantitative estimate of drug-likeness (QED) is 0.754. The highest BCUT2D eigenvalue weighted by molar-refractivity contribution is 5.87. The van der Waals surface area contributed by atoms with Crippen molar-refractivity contribution < 1.29 is 14.3 Å². The van der Waals surface area contributed by atoms with Crippen molar-refractivity contribution in [2.24, 2.45) is 0 Å². The Morgan fingerprint density at radius 2 is 2.41 bits per heavy atom. The van der Waals surface area contributed by atoms with Gasteiger partial charge in [-0.25, -0.2) is 4.79 Å². The van der Waals surface area contributed by atoms with Gasteiger partial charge < -0.3 is 14.0 Å². The van der Waals surface area contributed by atoms with Crippen molar-refractivity contribution in [1.82, 2.24) is 4.57 Å². The molecule has 4 heteroatoms. The number of aromatic nitrogens is 1. The lowest BCUT2D eigenvalue weighted by Gasteiger charge is -2.14. The molecule has 0 aromatic carbocycles. The van der Waals surface area contributed by atoms with E-state index < -0.39 is 0 Å². The molecule has 1 saturated heterocycles. The third kappa shape index (κ3) is 2.88. The van der Waals surface area contributed by atoms with Gasteiger partial charge in [0.1, 0.15) is 5.69 Å². The van der Waals surface area contributed by atoms with E-state index in [1.54, 1.807) is 6.07 Å². The summed E-state index contributed by atoms with van der Waals surface area (Å²) in [5.41, 5.74) is 0.606. The number of hydrogen-bond donors (Lipinski definition) is 0. The summed E-state index contributed by atoms with van der Waals surface area (Å²) < 4.78 is 12.7. The lowest BCUT2D eigenvalue weighted by atomic mass is 10.2. The Bertz CT molecular complexity index is 386. The van der Waals surface area contributed by atoms with E-state index in [9.17, 15) is 4.79 Å². The molecule has 17 heavy (non-hydrogen) atoms. The molecule has 0 aliphatic carbocycles. The third-order valence-electron chi connectivity index (χ3n) is 3.03. The van der Waals surface area contributed by atoms with Gasteiger partial charge in [-0.3, -0.25) is 0 Å². The molecule has 2 rings (SSSR count). The summed E-state index contributed by atoms with van der Waals surface area (Å²) in [6, 6.07) is 3.65. The average Bonchev–Trinajstić information content (AvgIpc) is 2.89. The van der Waals surface area contributed by atoms with E-state index >= 15 is 0 Å². The van der Waals surface area contributed by atoms with Crippen molar-refractivity contribution >= 4 is 5.97 Å². The van der Waals surface area contributed by atoms with Crippen LogP contribution in [0.15, 0.2) is 18.3 Å². The molecular formula is C13H19NO3. The first-order chi connectivity index (χ1) is 8.20. The van der Waals surface area contributed by atoms with Gasteiger partial charge in [-0.2, -0.15) is 0 Å². The largest absolute Gasteiger partial charge is 0.461 e. The second-order valence-corrected chi connectivity index (χ2v) is 4.41. The van der Waals surface area contributed by atoms with Crippen LogP contribution in [0.3, 0.4) is 0 Å². The highest BCUT2D eigenvalue weighted by atomic mass is 16.5. The van der Waals surface area contributed by atoms with Gasteiger partial charge in [-0.1, -0.05) is 0 Å². The van der Waals surface area contributed by atoms with Gasteiger partial charge in [-0.05, 0) is 38.8 Å². The number of hydrogen-bond acceptors (Lipinski definition) is 3. The second kappa shape index (κ2) is 5.36. The van der Waals surface area contributed by atoms with Crippen LogP contribution in [0, 0.1) is 0 Å². The summed E-state index contributed by atoms with van der Waals surface area (Å²) in [7, 11) is 0. The number of nitrogens with zero attached hydrogens (tertiary/aromatic N) is 1. The van der Waals surface area contributed by atoms with E-state index in [1.165, 1.54) is 0 Å². The molecule has 1 aromatic rings. The molecule has 0 bridgehead atoms. The van der Waals surface area contributed by atoms with Crippen LogP contribution in [0.4, 0.5) is 0 Å². The summed E-state index contributed by atoms with van der Waals surface area (Å²) in [5.74, 6) is -0.261. The molecule has 1 fully saturated rings. The van der Waals surface area contributed by atoms with E-state index in [1.807, 2.05) is 23.8 Å². The number of rotatable bonds is 4. The first-order valence-electron chi connectivity index (χ1n) is 6.18. The molecule has 4 nitrogen and oxygen atoms in total. The topological polar surface area (TPSA) is 40.5 Å². The Morgan fingerprint density at radius 3 is 3.06 bits per heavy atom. The molecule has 2 atom stereocenters. The molecule has 0 saturated carbocycles. The van der Waals surface area contributed by atoms with Crippen molar-refractivity contribution in [3.05, 3.63) is 24.0 Å². The first kappa shape index (κ1) is 12.2. The third-order valence-corrected chi connectivity index (χ3v) is 3.03. The SMILES string of the molecule is CCOC(=O)c1cccn1CC1CCC(C)O1. The summed E-state index contributed by atoms with van der Waals surface area (Å²) in [6.07, 6.45) is 4.60. The summed E-state index contributed by atoms with van der Waals surface area (Å²) in [4.78, 5) is 11.7. The molecule has 0 radical (unpaired) electrons. The zero-order chi connectivity index (χ0) is 12.3. The summed E-state index contributed by atoms with van der Waals surface area (Å²) >= 11 is 0. The second-order valence-electron chi connectivity index (χ2n) is 4.41. The van der Waals surface area contributed by atoms with Gasteiger partial charge in [-0.15, -0.1) is 0 Å². The van der Waals surface area contributed by atoms with Crippen LogP contribution >= 0.6 is 0 Å². The van der Waals surface area contributed by atoms with Gasteiger partial charge in [0.05, 0.1) is 18.8 Å². The Kier molecular flexibility index (Phi) is 3.84.